The topological polar surface area (TPSA) is 69.3 Å². The number of hydrogen-bond acceptors (Lipinski definition) is 3. The Hall–Kier alpha value is -2.89. The summed E-state index contributed by atoms with van der Waals surface area (Å²) in [4.78, 5) is 27.9. The number of aromatic nitrogens is 2. The largest absolute Gasteiger partial charge is 0.334 e. The van der Waals surface area contributed by atoms with E-state index in [-0.39, 0.29) is 11.8 Å². The molecule has 130 valence electrons. The third-order valence-corrected chi connectivity index (χ3v) is 4.55. The molecular formula is C19H22N4O2. The average Bonchev–Trinajstić information content (AvgIpc) is 2.99. The van der Waals surface area contributed by atoms with Gasteiger partial charge in [-0.05, 0) is 42.7 Å². The lowest BCUT2D eigenvalue weighted by Gasteiger charge is -2.23. The van der Waals surface area contributed by atoms with E-state index in [9.17, 15) is 9.59 Å². The maximum absolute atomic E-state index is 12.9. The van der Waals surface area contributed by atoms with Crippen molar-refractivity contribution >= 4 is 17.5 Å². The number of amides is 2. The molecule has 6 heteroatoms. The number of anilines is 1. The third-order valence-electron chi connectivity index (χ3n) is 4.55. The van der Waals surface area contributed by atoms with Crippen LogP contribution in [-0.4, -0.2) is 40.5 Å². The van der Waals surface area contributed by atoms with Gasteiger partial charge in [0.1, 0.15) is 0 Å². The van der Waals surface area contributed by atoms with Crippen LogP contribution in [-0.2, 0) is 17.8 Å². The minimum atomic E-state index is -0.187. The van der Waals surface area contributed by atoms with Gasteiger partial charge < -0.3 is 9.80 Å². The van der Waals surface area contributed by atoms with Gasteiger partial charge in [-0.2, -0.15) is 5.10 Å². The van der Waals surface area contributed by atoms with Gasteiger partial charge >= 0.3 is 0 Å². The minimum Gasteiger partial charge on any atom is -0.334 e. The van der Waals surface area contributed by atoms with Gasteiger partial charge in [-0.15, -0.1) is 0 Å². The summed E-state index contributed by atoms with van der Waals surface area (Å²) in [7, 11) is 1.68. The van der Waals surface area contributed by atoms with Crippen molar-refractivity contribution in [2.45, 2.75) is 19.9 Å². The van der Waals surface area contributed by atoms with Crippen LogP contribution in [0, 0.1) is 5.92 Å². The second-order valence-corrected chi connectivity index (χ2v) is 6.52. The molecule has 1 aromatic carbocycles. The van der Waals surface area contributed by atoms with Crippen molar-refractivity contribution in [2.75, 3.05) is 18.5 Å². The van der Waals surface area contributed by atoms with Crippen LogP contribution in [0.25, 0.3) is 0 Å². The highest BCUT2D eigenvalue weighted by Gasteiger charge is 2.25. The van der Waals surface area contributed by atoms with E-state index in [0.29, 0.717) is 24.6 Å². The Labute approximate surface area is 147 Å². The highest BCUT2D eigenvalue weighted by atomic mass is 16.2. The summed E-state index contributed by atoms with van der Waals surface area (Å²) in [5, 5.41) is 7.12. The molecule has 0 fully saturated rings. The van der Waals surface area contributed by atoms with Crippen LogP contribution in [0.4, 0.5) is 5.69 Å². The second kappa shape index (κ2) is 6.93. The molecule has 1 atom stereocenters. The van der Waals surface area contributed by atoms with Crippen LogP contribution < -0.4 is 4.90 Å². The lowest BCUT2D eigenvalue weighted by molar-refractivity contribution is -0.113. The molecule has 0 radical (unpaired) electrons. The Morgan fingerprint density at radius 1 is 1.36 bits per heavy atom. The molecule has 2 amide bonds. The lowest BCUT2D eigenvalue weighted by Crippen LogP contribution is -2.33. The van der Waals surface area contributed by atoms with Gasteiger partial charge in [0.2, 0.25) is 5.91 Å². The van der Waals surface area contributed by atoms with Gasteiger partial charge in [-0.25, -0.2) is 0 Å². The SMILES string of the molecule is C=CC(=O)N(C)c1ccc(C(=O)N2Cc3cn[nH]c3CC(C)C2)cc1. The maximum Gasteiger partial charge on any atom is 0.254 e. The van der Waals surface area contributed by atoms with Gasteiger partial charge in [-0.3, -0.25) is 14.7 Å². The first-order valence-electron chi connectivity index (χ1n) is 8.30. The standard InChI is InChI=1S/C19H22N4O2/c1-4-18(24)22(3)16-7-5-14(6-8-16)19(25)23-11-13(2)9-17-15(12-23)10-20-21-17/h4-8,10,13H,1,9,11-12H2,2-3H3,(H,20,21). The fraction of sp³-hybridized carbons (Fsp3) is 0.316. The number of likely N-dealkylation sites (N-methyl/N-ethyl adjacent to an activating group) is 1. The Morgan fingerprint density at radius 2 is 2.08 bits per heavy atom. The zero-order valence-electron chi connectivity index (χ0n) is 14.5. The molecule has 25 heavy (non-hydrogen) atoms. The summed E-state index contributed by atoms with van der Waals surface area (Å²) >= 11 is 0. The van der Waals surface area contributed by atoms with E-state index in [1.807, 2.05) is 4.90 Å². The predicted molar refractivity (Wildman–Crippen MR) is 96.2 cm³/mol. The number of benzene rings is 1. The van der Waals surface area contributed by atoms with E-state index in [1.54, 1.807) is 37.5 Å². The monoisotopic (exact) mass is 338 g/mol. The first-order chi connectivity index (χ1) is 12.0. The molecular weight excluding hydrogens is 316 g/mol. The van der Waals surface area contributed by atoms with Crippen molar-refractivity contribution in [3.8, 4) is 0 Å². The summed E-state index contributed by atoms with van der Waals surface area (Å²) in [5.41, 5.74) is 3.53. The number of fused-ring (bicyclic) bond motifs is 1. The fourth-order valence-corrected chi connectivity index (χ4v) is 3.14. The molecule has 2 heterocycles. The van der Waals surface area contributed by atoms with E-state index in [2.05, 4.69) is 23.7 Å². The van der Waals surface area contributed by atoms with Crippen LogP contribution in [0.15, 0.2) is 43.1 Å². The molecule has 0 saturated heterocycles. The Bertz CT molecular complexity index is 794. The Kier molecular flexibility index (Phi) is 4.70. The van der Waals surface area contributed by atoms with Gasteiger partial charge in [0.05, 0.1) is 6.20 Å². The van der Waals surface area contributed by atoms with E-state index < -0.39 is 0 Å². The highest BCUT2D eigenvalue weighted by molar-refractivity contribution is 6.01. The number of nitrogens with zero attached hydrogens (tertiary/aromatic N) is 3. The average molecular weight is 338 g/mol. The van der Waals surface area contributed by atoms with Gasteiger partial charge in [0.15, 0.2) is 0 Å². The van der Waals surface area contributed by atoms with Crippen molar-refractivity contribution in [3.63, 3.8) is 0 Å². The number of aromatic amines is 1. The van der Waals surface area contributed by atoms with Crippen LogP contribution >= 0.6 is 0 Å². The van der Waals surface area contributed by atoms with E-state index >= 15 is 0 Å². The normalized spacial score (nSPS) is 16.7. The summed E-state index contributed by atoms with van der Waals surface area (Å²) < 4.78 is 0. The molecule has 1 N–H and O–H groups in total. The van der Waals surface area contributed by atoms with Crippen molar-refractivity contribution in [1.29, 1.82) is 0 Å². The summed E-state index contributed by atoms with van der Waals surface area (Å²) in [5.74, 6) is 0.166. The molecule has 1 aromatic heterocycles. The zero-order chi connectivity index (χ0) is 18.0. The second-order valence-electron chi connectivity index (χ2n) is 6.52. The van der Waals surface area contributed by atoms with Gasteiger partial charge in [0.25, 0.3) is 5.91 Å². The Balaban J connectivity index is 1.79. The molecule has 0 spiro atoms. The molecule has 1 unspecified atom stereocenters. The summed E-state index contributed by atoms with van der Waals surface area (Å²) in [6.45, 7) is 6.89. The number of rotatable bonds is 3. The van der Waals surface area contributed by atoms with Crippen LogP contribution in [0.3, 0.4) is 0 Å². The van der Waals surface area contributed by atoms with E-state index in [4.69, 9.17) is 0 Å². The van der Waals surface area contributed by atoms with Crippen LogP contribution in [0.1, 0.15) is 28.5 Å². The van der Waals surface area contributed by atoms with E-state index in [1.165, 1.54) is 11.0 Å². The van der Waals surface area contributed by atoms with Gasteiger partial charge in [-0.1, -0.05) is 13.5 Å². The first-order valence-corrected chi connectivity index (χ1v) is 8.30. The molecule has 2 aromatic rings. The number of hydrogen-bond donors (Lipinski definition) is 1. The van der Waals surface area contributed by atoms with Gasteiger partial charge in [0, 0.05) is 42.6 Å². The highest BCUT2D eigenvalue weighted by Crippen LogP contribution is 2.22. The number of H-pyrrole nitrogens is 1. The van der Waals surface area contributed by atoms with Crippen molar-refractivity contribution in [3.05, 3.63) is 59.9 Å². The third kappa shape index (κ3) is 3.47. The molecule has 3 rings (SSSR count). The molecule has 0 saturated carbocycles. The summed E-state index contributed by atoms with van der Waals surface area (Å²) in [6, 6.07) is 7.07. The summed E-state index contributed by atoms with van der Waals surface area (Å²) in [6.07, 6.45) is 3.96. The van der Waals surface area contributed by atoms with E-state index in [0.717, 1.165) is 23.4 Å². The number of carbonyl (C=O) groups excluding carboxylic acids is 2. The molecule has 1 aliphatic rings. The smallest absolute Gasteiger partial charge is 0.254 e. The minimum absolute atomic E-state index is 0.00912. The van der Waals surface area contributed by atoms with Crippen molar-refractivity contribution < 1.29 is 9.59 Å². The fourth-order valence-electron chi connectivity index (χ4n) is 3.14. The molecule has 1 aliphatic heterocycles. The molecule has 0 aliphatic carbocycles. The molecule has 6 nitrogen and oxygen atoms in total. The Morgan fingerprint density at radius 3 is 2.76 bits per heavy atom. The zero-order valence-corrected chi connectivity index (χ0v) is 14.5. The van der Waals surface area contributed by atoms with Crippen molar-refractivity contribution in [2.24, 2.45) is 5.92 Å². The lowest BCUT2D eigenvalue weighted by atomic mass is 10.1. The van der Waals surface area contributed by atoms with Crippen LogP contribution in [0.5, 0.6) is 0 Å². The number of carbonyl (C=O) groups is 2. The maximum atomic E-state index is 12.9. The van der Waals surface area contributed by atoms with Crippen molar-refractivity contribution in [1.82, 2.24) is 15.1 Å². The molecule has 0 bridgehead atoms. The van der Waals surface area contributed by atoms with Crippen LogP contribution in [0.2, 0.25) is 0 Å². The quantitative estimate of drug-likeness (QED) is 0.874. The number of nitrogens with one attached hydrogen (secondary N) is 1. The first kappa shape index (κ1) is 17.0. The predicted octanol–water partition coefficient (Wildman–Crippen LogP) is 2.39.